The topological polar surface area (TPSA) is 104 Å². The van der Waals surface area contributed by atoms with Crippen molar-refractivity contribution in [2.75, 3.05) is 7.11 Å². The monoisotopic (exact) mass is 383 g/mol. The lowest BCUT2D eigenvalue weighted by molar-refractivity contribution is 0.187. The Balaban J connectivity index is 2.57. The molecule has 8 heteroatoms. The van der Waals surface area contributed by atoms with Gasteiger partial charge in [0.25, 0.3) is 5.56 Å². The fourth-order valence-corrected chi connectivity index (χ4v) is 2.84. The summed E-state index contributed by atoms with van der Waals surface area (Å²) < 4.78 is 5.86. The highest BCUT2D eigenvalue weighted by atomic mass is 79.9. The number of halogens is 1. The smallest absolute Gasteiger partial charge is 0.405 e. The Morgan fingerprint density at radius 3 is 2.74 bits per heavy atom. The maximum Gasteiger partial charge on any atom is 0.405 e. The fraction of sp³-hybridized carbons (Fsp3) is 0.400. The fourth-order valence-electron chi connectivity index (χ4n) is 2.34. The van der Waals surface area contributed by atoms with E-state index in [1.54, 1.807) is 12.1 Å². The summed E-state index contributed by atoms with van der Waals surface area (Å²) in [6.07, 6.45) is -0.638. The molecule has 1 heterocycles. The maximum absolute atomic E-state index is 12.3. The van der Waals surface area contributed by atoms with Gasteiger partial charge in [-0.2, -0.15) is 0 Å². The molecular formula is C15H18BrN3O4. The van der Waals surface area contributed by atoms with Crippen molar-refractivity contribution in [2.24, 2.45) is 5.92 Å². The molecule has 1 aromatic heterocycles. The average molecular weight is 384 g/mol. The van der Waals surface area contributed by atoms with Crippen LogP contribution >= 0.6 is 15.9 Å². The second kappa shape index (κ2) is 6.99. The van der Waals surface area contributed by atoms with E-state index in [0.717, 1.165) is 0 Å². The second-order valence-electron chi connectivity index (χ2n) is 5.59. The molecule has 2 rings (SSSR count). The summed E-state index contributed by atoms with van der Waals surface area (Å²) >= 11 is 3.33. The molecule has 0 fully saturated rings. The Morgan fingerprint density at radius 2 is 2.17 bits per heavy atom. The van der Waals surface area contributed by atoms with Gasteiger partial charge in [0.05, 0.1) is 28.5 Å². The zero-order valence-corrected chi connectivity index (χ0v) is 14.6. The normalized spacial score (nSPS) is 12.4. The summed E-state index contributed by atoms with van der Waals surface area (Å²) in [5.74, 6) is 1.07. The molecule has 2 aromatic rings. The number of nitrogens with zero attached hydrogens (tertiary/aromatic N) is 1. The third kappa shape index (κ3) is 4.01. The quantitative estimate of drug-likeness (QED) is 0.735. The standard InChI is InChI=1S/C15H18BrN3O4/c1-7(2)4-11(18-15(21)22)13-17-10-6-12(23-3)9(16)5-8(10)14(20)19-13/h5-7,11,18H,4H2,1-3H3,(H,21,22)(H,17,19,20). The SMILES string of the molecule is COc1cc2nc(C(CC(C)C)NC(=O)O)[nH]c(=O)c2cc1Br. The Labute approximate surface area is 141 Å². The van der Waals surface area contributed by atoms with Crippen molar-refractivity contribution < 1.29 is 14.6 Å². The van der Waals surface area contributed by atoms with E-state index in [9.17, 15) is 9.59 Å². The molecule has 1 amide bonds. The number of ether oxygens (including phenoxy) is 1. The van der Waals surface area contributed by atoms with Gasteiger partial charge in [-0.05, 0) is 34.3 Å². The van der Waals surface area contributed by atoms with Crippen LogP contribution in [0.1, 0.15) is 32.1 Å². The minimum Gasteiger partial charge on any atom is -0.495 e. The molecule has 0 bridgehead atoms. The zero-order valence-electron chi connectivity index (χ0n) is 13.0. The summed E-state index contributed by atoms with van der Waals surface area (Å²) in [5.41, 5.74) is 0.124. The first-order valence-corrected chi connectivity index (χ1v) is 7.88. The van der Waals surface area contributed by atoms with Crippen LogP contribution in [0.4, 0.5) is 4.79 Å². The number of hydrogen-bond acceptors (Lipinski definition) is 4. The van der Waals surface area contributed by atoms with Crippen molar-refractivity contribution in [1.29, 1.82) is 0 Å². The van der Waals surface area contributed by atoms with Gasteiger partial charge in [-0.25, -0.2) is 9.78 Å². The lowest BCUT2D eigenvalue weighted by atomic mass is 10.0. The molecule has 0 aliphatic rings. The van der Waals surface area contributed by atoms with E-state index in [1.165, 1.54) is 7.11 Å². The van der Waals surface area contributed by atoms with Crippen LogP contribution in [0.3, 0.4) is 0 Å². The first-order chi connectivity index (χ1) is 10.8. The largest absolute Gasteiger partial charge is 0.495 e. The third-order valence-electron chi connectivity index (χ3n) is 3.33. The predicted molar refractivity (Wildman–Crippen MR) is 90.0 cm³/mol. The van der Waals surface area contributed by atoms with Crippen LogP contribution in [0.2, 0.25) is 0 Å². The Hall–Kier alpha value is -2.09. The van der Waals surface area contributed by atoms with E-state index in [4.69, 9.17) is 9.84 Å². The van der Waals surface area contributed by atoms with Gasteiger partial charge in [-0.15, -0.1) is 0 Å². The number of H-pyrrole nitrogens is 1. The van der Waals surface area contributed by atoms with Crippen molar-refractivity contribution in [3.8, 4) is 5.75 Å². The van der Waals surface area contributed by atoms with Gasteiger partial charge in [-0.1, -0.05) is 13.8 Å². The van der Waals surface area contributed by atoms with Gasteiger partial charge in [0.15, 0.2) is 0 Å². The number of carboxylic acid groups (broad SMARTS) is 1. The summed E-state index contributed by atoms with van der Waals surface area (Å²) in [6.45, 7) is 3.94. The maximum atomic E-state index is 12.3. The second-order valence-corrected chi connectivity index (χ2v) is 6.44. The van der Waals surface area contributed by atoms with Gasteiger partial charge in [0, 0.05) is 6.07 Å². The van der Waals surface area contributed by atoms with E-state index in [0.29, 0.717) is 33.4 Å². The van der Waals surface area contributed by atoms with Gasteiger partial charge in [-0.3, -0.25) is 4.79 Å². The average Bonchev–Trinajstić information content (AvgIpc) is 2.45. The first kappa shape index (κ1) is 17.3. The number of carbonyl (C=O) groups is 1. The molecule has 7 nitrogen and oxygen atoms in total. The van der Waals surface area contributed by atoms with E-state index >= 15 is 0 Å². The van der Waals surface area contributed by atoms with Crippen LogP contribution in [0.25, 0.3) is 10.9 Å². The molecular weight excluding hydrogens is 366 g/mol. The van der Waals surface area contributed by atoms with Gasteiger partial charge >= 0.3 is 6.09 Å². The van der Waals surface area contributed by atoms with Crippen LogP contribution in [-0.2, 0) is 0 Å². The highest BCUT2D eigenvalue weighted by Crippen LogP contribution is 2.28. The number of fused-ring (bicyclic) bond motifs is 1. The van der Waals surface area contributed by atoms with Gasteiger partial charge in [0.2, 0.25) is 0 Å². The molecule has 23 heavy (non-hydrogen) atoms. The molecule has 0 spiro atoms. The molecule has 3 N–H and O–H groups in total. The zero-order chi connectivity index (χ0) is 17.1. The summed E-state index contributed by atoms with van der Waals surface area (Å²) in [5, 5.41) is 11.8. The van der Waals surface area contributed by atoms with Crippen molar-refractivity contribution in [1.82, 2.24) is 15.3 Å². The lowest BCUT2D eigenvalue weighted by Crippen LogP contribution is -2.30. The number of methoxy groups -OCH3 is 1. The van der Waals surface area contributed by atoms with E-state index in [1.807, 2.05) is 13.8 Å². The Bertz CT molecular complexity index is 788. The molecule has 1 unspecified atom stereocenters. The Kier molecular flexibility index (Phi) is 5.25. The molecule has 1 atom stereocenters. The van der Waals surface area contributed by atoms with E-state index in [-0.39, 0.29) is 11.5 Å². The van der Waals surface area contributed by atoms with E-state index in [2.05, 4.69) is 31.2 Å². The van der Waals surface area contributed by atoms with Gasteiger partial charge in [0.1, 0.15) is 11.6 Å². The number of aromatic amines is 1. The van der Waals surface area contributed by atoms with Crippen LogP contribution in [0.15, 0.2) is 21.4 Å². The summed E-state index contributed by atoms with van der Waals surface area (Å²) in [7, 11) is 1.52. The first-order valence-electron chi connectivity index (χ1n) is 7.08. The minimum absolute atomic E-state index is 0.229. The highest BCUT2D eigenvalue weighted by molar-refractivity contribution is 9.10. The number of rotatable bonds is 5. The van der Waals surface area contributed by atoms with E-state index < -0.39 is 12.1 Å². The van der Waals surface area contributed by atoms with Crippen molar-refractivity contribution in [3.63, 3.8) is 0 Å². The lowest BCUT2D eigenvalue weighted by Gasteiger charge is -2.18. The predicted octanol–water partition coefficient (Wildman–Crippen LogP) is 3.05. The van der Waals surface area contributed by atoms with Crippen molar-refractivity contribution >= 4 is 32.9 Å². The molecule has 0 aliphatic carbocycles. The van der Waals surface area contributed by atoms with Gasteiger partial charge < -0.3 is 20.1 Å². The molecule has 1 aromatic carbocycles. The van der Waals surface area contributed by atoms with Crippen molar-refractivity contribution in [2.45, 2.75) is 26.3 Å². The van der Waals surface area contributed by atoms with Crippen LogP contribution in [0, 0.1) is 5.92 Å². The number of benzene rings is 1. The molecule has 0 radical (unpaired) electrons. The van der Waals surface area contributed by atoms with Crippen LogP contribution in [0.5, 0.6) is 5.75 Å². The van der Waals surface area contributed by atoms with Crippen LogP contribution in [-0.4, -0.2) is 28.3 Å². The third-order valence-corrected chi connectivity index (χ3v) is 3.95. The molecule has 0 saturated carbocycles. The molecule has 124 valence electrons. The molecule has 0 saturated heterocycles. The number of amides is 1. The van der Waals surface area contributed by atoms with Crippen LogP contribution < -0.4 is 15.6 Å². The Morgan fingerprint density at radius 1 is 1.48 bits per heavy atom. The highest BCUT2D eigenvalue weighted by Gasteiger charge is 2.19. The summed E-state index contributed by atoms with van der Waals surface area (Å²) in [4.78, 5) is 30.4. The number of aromatic nitrogens is 2. The minimum atomic E-state index is -1.16. The van der Waals surface area contributed by atoms with Crippen molar-refractivity contribution in [3.05, 3.63) is 32.8 Å². The molecule has 0 aliphatic heterocycles. The summed E-state index contributed by atoms with van der Waals surface area (Å²) in [6, 6.07) is 2.69. The number of hydrogen-bond donors (Lipinski definition) is 3. The number of nitrogens with one attached hydrogen (secondary N) is 2.